The van der Waals surface area contributed by atoms with Crippen LogP contribution in [0.15, 0.2) is 24.4 Å². The van der Waals surface area contributed by atoms with Gasteiger partial charge >= 0.3 is 6.01 Å². The third-order valence-electron chi connectivity index (χ3n) is 6.55. The predicted octanol–water partition coefficient (Wildman–Crippen LogP) is 2.61. The molecule has 1 atom stereocenters. The molecule has 0 unspecified atom stereocenters. The molecule has 1 aliphatic heterocycles. The lowest BCUT2D eigenvalue weighted by atomic mass is 10.1. The molecule has 1 saturated heterocycles. The molecule has 3 aromatic rings. The Morgan fingerprint density at radius 1 is 1.18 bits per heavy atom. The summed E-state index contributed by atoms with van der Waals surface area (Å²) < 4.78 is 10.5. The Hall–Kier alpha value is -4.26. The van der Waals surface area contributed by atoms with Crippen LogP contribution in [0.2, 0.25) is 0 Å². The summed E-state index contributed by atoms with van der Waals surface area (Å²) in [6.45, 7) is 9.31. The normalized spacial score (nSPS) is 15.2. The lowest BCUT2D eigenvalue weighted by Crippen LogP contribution is -2.29. The van der Waals surface area contributed by atoms with Crippen LogP contribution in [0.5, 0.6) is 11.9 Å². The molecule has 4 N–H and O–H groups in total. The number of primary amides is 1. The van der Waals surface area contributed by atoms with Crippen LogP contribution in [-0.2, 0) is 6.54 Å². The largest absolute Gasteiger partial charge is 0.481 e. The molecule has 0 spiro atoms. The Morgan fingerprint density at radius 3 is 2.65 bits per heavy atom. The van der Waals surface area contributed by atoms with Crippen molar-refractivity contribution in [2.24, 2.45) is 11.7 Å². The van der Waals surface area contributed by atoms with Gasteiger partial charge in [0.25, 0.3) is 0 Å². The first kappa shape index (κ1) is 28.7. The van der Waals surface area contributed by atoms with Gasteiger partial charge in [0.1, 0.15) is 0 Å². The van der Waals surface area contributed by atoms with Crippen LogP contribution < -0.4 is 30.7 Å². The number of rotatable bonds is 12. The van der Waals surface area contributed by atoms with E-state index < -0.39 is 5.91 Å². The predicted molar refractivity (Wildman–Crippen MR) is 153 cm³/mol. The maximum Gasteiger partial charge on any atom is 0.319 e. The lowest BCUT2D eigenvalue weighted by Gasteiger charge is -2.22. The summed E-state index contributed by atoms with van der Waals surface area (Å²) >= 11 is 0. The summed E-state index contributed by atoms with van der Waals surface area (Å²) in [5, 5.41) is 6.75. The number of amides is 1. The lowest BCUT2D eigenvalue weighted by molar-refractivity contribution is 0.100. The molecule has 0 bridgehead atoms. The monoisotopic (exact) mass is 550 g/mol. The van der Waals surface area contributed by atoms with Crippen molar-refractivity contribution in [1.29, 1.82) is 0 Å². The molecule has 1 amide bonds. The van der Waals surface area contributed by atoms with E-state index in [0.717, 1.165) is 37.2 Å². The van der Waals surface area contributed by atoms with Gasteiger partial charge in [0.2, 0.25) is 29.6 Å². The van der Waals surface area contributed by atoms with E-state index in [-0.39, 0.29) is 12.1 Å². The van der Waals surface area contributed by atoms with E-state index in [4.69, 9.17) is 20.2 Å². The van der Waals surface area contributed by atoms with E-state index >= 15 is 0 Å². The zero-order valence-corrected chi connectivity index (χ0v) is 23.9. The summed E-state index contributed by atoms with van der Waals surface area (Å²) in [5.41, 5.74) is 8.42. The van der Waals surface area contributed by atoms with Gasteiger partial charge in [-0.25, -0.2) is 4.98 Å². The molecule has 1 fully saturated rings. The average Bonchev–Trinajstić information content (AvgIpc) is 3.35. The van der Waals surface area contributed by atoms with E-state index in [2.05, 4.69) is 49.3 Å². The number of nitrogens with zero attached hydrogens (tertiary/aromatic N) is 7. The van der Waals surface area contributed by atoms with E-state index in [1.807, 2.05) is 24.9 Å². The summed E-state index contributed by atoms with van der Waals surface area (Å²) in [6, 6.07) is 5.65. The minimum absolute atomic E-state index is 0.128. The number of aromatic nitrogens is 5. The number of anilines is 4. The van der Waals surface area contributed by atoms with Crippen LogP contribution in [0.1, 0.15) is 41.8 Å². The highest BCUT2D eigenvalue weighted by Gasteiger charge is 2.25. The minimum atomic E-state index is -0.497. The number of aryl methyl sites for hydroxylation is 1. The molecule has 0 radical (unpaired) electrons. The zero-order valence-electron chi connectivity index (χ0n) is 23.9. The number of hydrogen-bond donors (Lipinski definition) is 3. The van der Waals surface area contributed by atoms with Crippen molar-refractivity contribution in [3.63, 3.8) is 0 Å². The molecule has 13 nitrogen and oxygen atoms in total. The van der Waals surface area contributed by atoms with Gasteiger partial charge < -0.3 is 30.7 Å². The molecule has 1 aliphatic rings. The fourth-order valence-corrected chi connectivity index (χ4v) is 4.59. The highest BCUT2D eigenvalue weighted by Crippen LogP contribution is 2.25. The second kappa shape index (κ2) is 12.7. The second-order valence-corrected chi connectivity index (χ2v) is 10.3. The van der Waals surface area contributed by atoms with Gasteiger partial charge in [0, 0.05) is 62.3 Å². The van der Waals surface area contributed by atoms with Gasteiger partial charge in [0.05, 0.1) is 14.2 Å². The maximum absolute atomic E-state index is 11.7. The minimum Gasteiger partial charge on any atom is -0.481 e. The molecular weight excluding hydrogens is 512 g/mol. The van der Waals surface area contributed by atoms with Crippen LogP contribution >= 0.6 is 0 Å². The molecule has 0 aliphatic carbocycles. The Morgan fingerprint density at radius 2 is 1.95 bits per heavy atom. The Kier molecular flexibility index (Phi) is 9.15. The number of carbonyl (C=O) groups excluding carboxylic acids is 1. The van der Waals surface area contributed by atoms with Crippen LogP contribution in [0.25, 0.3) is 0 Å². The van der Waals surface area contributed by atoms with Crippen molar-refractivity contribution < 1.29 is 14.3 Å². The van der Waals surface area contributed by atoms with Crippen molar-refractivity contribution >= 4 is 29.4 Å². The Labute approximate surface area is 234 Å². The SMILES string of the molecule is COc1ncc(CN2CC[C@H](Nc3nc(Nc4cc(C(N)=O)ccc4C)nc(N(C)CC(C)C)n3)C2)c(OC)n1. The van der Waals surface area contributed by atoms with Gasteiger partial charge in [-0.3, -0.25) is 9.69 Å². The fourth-order valence-electron chi connectivity index (χ4n) is 4.59. The topological polar surface area (TPSA) is 157 Å². The highest BCUT2D eigenvalue weighted by molar-refractivity contribution is 5.94. The summed E-state index contributed by atoms with van der Waals surface area (Å²) in [5.74, 6) is 1.83. The molecule has 0 saturated carbocycles. The first-order valence-corrected chi connectivity index (χ1v) is 13.2. The summed E-state index contributed by atoms with van der Waals surface area (Å²) in [4.78, 5) is 38.6. The van der Waals surface area contributed by atoms with Crippen molar-refractivity contribution in [3.8, 4) is 11.9 Å². The van der Waals surface area contributed by atoms with Crippen LogP contribution in [0, 0.1) is 12.8 Å². The Bertz CT molecular complexity index is 1340. The van der Waals surface area contributed by atoms with Gasteiger partial charge in [-0.1, -0.05) is 19.9 Å². The third-order valence-corrected chi connectivity index (χ3v) is 6.55. The highest BCUT2D eigenvalue weighted by atomic mass is 16.5. The van der Waals surface area contributed by atoms with Crippen LogP contribution in [0.3, 0.4) is 0 Å². The first-order chi connectivity index (χ1) is 19.1. The number of methoxy groups -OCH3 is 2. The molecule has 3 heterocycles. The quantitative estimate of drug-likeness (QED) is 0.303. The smallest absolute Gasteiger partial charge is 0.319 e. The maximum atomic E-state index is 11.7. The number of likely N-dealkylation sites (tertiary alicyclic amines) is 1. The summed E-state index contributed by atoms with van der Waals surface area (Å²) in [6.07, 6.45) is 2.64. The number of carbonyl (C=O) groups is 1. The molecule has 40 heavy (non-hydrogen) atoms. The van der Waals surface area contributed by atoms with Crippen LogP contribution in [-0.4, -0.2) is 82.7 Å². The molecule has 1 aromatic carbocycles. The second-order valence-electron chi connectivity index (χ2n) is 10.3. The van der Waals surface area contributed by atoms with Gasteiger partial charge in [0.15, 0.2) is 0 Å². The third kappa shape index (κ3) is 7.23. The summed E-state index contributed by atoms with van der Waals surface area (Å²) in [7, 11) is 5.08. The van der Waals surface area contributed by atoms with Gasteiger partial charge in [-0.2, -0.15) is 19.9 Å². The van der Waals surface area contributed by atoms with Crippen molar-refractivity contribution in [1.82, 2.24) is 29.8 Å². The first-order valence-electron chi connectivity index (χ1n) is 13.2. The van der Waals surface area contributed by atoms with Crippen molar-refractivity contribution in [2.75, 3.05) is 56.4 Å². The average molecular weight is 551 g/mol. The molecule has 2 aromatic heterocycles. The molecular formula is C27H38N10O3. The van der Waals surface area contributed by atoms with Gasteiger partial charge in [-0.05, 0) is 37.0 Å². The number of nitrogens with two attached hydrogens (primary N) is 1. The van der Waals surface area contributed by atoms with Crippen molar-refractivity contribution in [2.45, 2.75) is 39.8 Å². The standard InChI is InChI=1S/C27H38N10O3/c1-16(2)13-36(4)26-34-24(33-25(35-26)31-21-11-18(22(28)38)8-7-17(21)3)30-20-9-10-37(15-20)14-19-12-29-27(40-6)32-23(19)39-5/h7-8,11-12,16,20H,9-10,13-15H2,1-6H3,(H2,28,38)(H2,30,31,33,34,35)/t20-/m0/s1. The van der Waals surface area contributed by atoms with E-state index in [0.29, 0.717) is 47.4 Å². The van der Waals surface area contributed by atoms with E-state index in [9.17, 15) is 4.79 Å². The number of nitrogens with one attached hydrogen (secondary N) is 2. The van der Waals surface area contributed by atoms with Crippen molar-refractivity contribution in [3.05, 3.63) is 41.1 Å². The molecule has 214 valence electrons. The number of ether oxygens (including phenoxy) is 2. The van der Waals surface area contributed by atoms with Crippen LogP contribution in [0.4, 0.5) is 23.5 Å². The molecule has 4 rings (SSSR count). The number of hydrogen-bond acceptors (Lipinski definition) is 12. The van der Waals surface area contributed by atoms with Gasteiger partial charge in [-0.15, -0.1) is 0 Å². The zero-order chi connectivity index (χ0) is 28.8. The fraction of sp³-hybridized carbons (Fsp3) is 0.481. The Balaban J connectivity index is 1.52. The molecule has 13 heteroatoms. The van der Waals surface area contributed by atoms with E-state index in [1.165, 1.54) is 7.11 Å². The van der Waals surface area contributed by atoms with E-state index in [1.54, 1.807) is 25.4 Å². The number of benzene rings is 1.